The van der Waals surface area contributed by atoms with Crippen LogP contribution in [0, 0.1) is 17.1 Å². The van der Waals surface area contributed by atoms with Crippen molar-refractivity contribution in [2.45, 2.75) is 61.9 Å². The van der Waals surface area contributed by atoms with Crippen LogP contribution in [0.3, 0.4) is 0 Å². The first-order valence-corrected chi connectivity index (χ1v) is 16.5. The second-order valence-electron chi connectivity index (χ2n) is 12.7. The number of thiophene rings is 1. The smallest absolute Gasteiger partial charge is 0.319 e. The molecule has 5 aliphatic heterocycles. The lowest BCUT2D eigenvalue weighted by Crippen LogP contribution is -2.60. The van der Waals surface area contributed by atoms with Gasteiger partial charge in [-0.2, -0.15) is 15.2 Å². The van der Waals surface area contributed by atoms with Crippen LogP contribution in [-0.2, 0) is 0 Å². The Morgan fingerprint density at radius 1 is 1.31 bits per heavy atom. The number of nitrogens with two attached hydrogens (primary N) is 1. The lowest BCUT2D eigenvalue weighted by molar-refractivity contribution is 0.107. The van der Waals surface area contributed by atoms with Gasteiger partial charge < -0.3 is 25.4 Å². The number of nitrogens with zero attached hydrogens (tertiary/aromatic N) is 5. The highest BCUT2D eigenvalue weighted by atomic mass is 35.5. The van der Waals surface area contributed by atoms with Crippen LogP contribution < -0.4 is 25.4 Å². The number of alkyl halides is 1. The highest BCUT2D eigenvalue weighted by molar-refractivity contribution is 7.23. The summed E-state index contributed by atoms with van der Waals surface area (Å²) >= 11 is 8.28. The van der Waals surface area contributed by atoms with Crippen LogP contribution in [0.4, 0.5) is 19.6 Å². The van der Waals surface area contributed by atoms with E-state index in [1.54, 1.807) is 18.2 Å². The van der Waals surface area contributed by atoms with Crippen molar-refractivity contribution in [2.75, 3.05) is 43.4 Å². The van der Waals surface area contributed by atoms with Crippen molar-refractivity contribution in [3.05, 3.63) is 34.6 Å². The first-order chi connectivity index (χ1) is 22.6. The van der Waals surface area contributed by atoms with Gasteiger partial charge in [0.25, 0.3) is 0 Å². The third kappa shape index (κ3) is 4.00. The number of hydrogen-bond donors (Lipinski definition) is 2. The van der Waals surface area contributed by atoms with Gasteiger partial charge in [-0.1, -0.05) is 23.7 Å². The summed E-state index contributed by atoms with van der Waals surface area (Å²) in [6.07, 6.45) is 2.69. The number of aromatic nitrogens is 2. The van der Waals surface area contributed by atoms with E-state index < -0.39 is 30.1 Å². The van der Waals surface area contributed by atoms with Crippen LogP contribution in [0.1, 0.15) is 40.4 Å². The van der Waals surface area contributed by atoms with Crippen LogP contribution >= 0.6 is 22.9 Å². The van der Waals surface area contributed by atoms with E-state index >= 15 is 4.39 Å². The summed E-state index contributed by atoms with van der Waals surface area (Å²) in [7, 11) is 0. The average Bonchev–Trinajstić information content (AvgIpc) is 3.76. The van der Waals surface area contributed by atoms with E-state index in [0.29, 0.717) is 40.2 Å². The Labute approximate surface area is 269 Å². The predicted octanol–water partition coefficient (Wildman–Crippen LogP) is 5.41. The van der Waals surface area contributed by atoms with Gasteiger partial charge in [-0.15, -0.1) is 11.3 Å². The molecule has 2 aromatic carbocycles. The summed E-state index contributed by atoms with van der Waals surface area (Å²) in [6.45, 7) is -0.571. The molecule has 4 aromatic rings. The minimum Gasteiger partial charge on any atom is -0.489 e. The summed E-state index contributed by atoms with van der Waals surface area (Å²) < 4.78 is 63.3. The Morgan fingerprint density at radius 2 is 2.20 bits per heavy atom. The summed E-state index contributed by atoms with van der Waals surface area (Å²) in [5, 5.41) is 14.2. The molecule has 0 saturated carbocycles. The Kier molecular flexibility index (Phi) is 5.70. The number of piperazine rings is 1. The van der Waals surface area contributed by atoms with Gasteiger partial charge in [0.1, 0.15) is 41.7 Å². The van der Waals surface area contributed by atoms with E-state index in [1.807, 2.05) is 4.90 Å². The second kappa shape index (κ2) is 10.00. The maximum absolute atomic E-state index is 17.2. The van der Waals surface area contributed by atoms with E-state index in [4.69, 9.17) is 31.8 Å². The Hall–Kier alpha value is -3.50. The molecule has 3 N–H and O–H groups in total. The van der Waals surface area contributed by atoms with Gasteiger partial charge in [0.15, 0.2) is 11.6 Å². The van der Waals surface area contributed by atoms with Crippen molar-refractivity contribution in [3.63, 3.8) is 0 Å². The Bertz CT molecular complexity index is 2040. The number of ether oxygens (including phenoxy) is 2. The Balaban J connectivity index is 1.28. The molecule has 2 bridgehead atoms. The number of nitriles is 1. The SMILES string of the molecule is [2H]C1([2H])Oc2c(Cl)c(-c3cccc4sc(N)c(C#N)c34)c(F)c3nc(OC[C@@]45CCCN4C[C@H](F)C5)nc(c23)N2C[C@H]3CC[C@H](N3)[C@H]21. The zero-order valence-electron chi connectivity index (χ0n) is 26.1. The normalized spacial score (nSPS) is 30.4. The molecule has 2 aromatic heterocycles. The summed E-state index contributed by atoms with van der Waals surface area (Å²) in [4.78, 5) is 13.4. The summed E-state index contributed by atoms with van der Waals surface area (Å²) in [5.41, 5.74) is 5.98. The number of fused-ring (bicyclic) bond motifs is 7. The van der Waals surface area contributed by atoms with E-state index in [2.05, 4.69) is 21.3 Å². The number of anilines is 2. The van der Waals surface area contributed by atoms with E-state index in [-0.39, 0.29) is 63.3 Å². The average molecular weight is 652 g/mol. The zero-order chi connectivity index (χ0) is 32.4. The fraction of sp³-hybridized carbons (Fsp3) is 0.469. The van der Waals surface area contributed by atoms with Crippen molar-refractivity contribution >= 4 is 54.7 Å². The summed E-state index contributed by atoms with van der Waals surface area (Å²) in [6, 6.07) is 6.25. The highest BCUT2D eigenvalue weighted by Crippen LogP contribution is 2.51. The molecule has 5 atom stereocenters. The largest absolute Gasteiger partial charge is 0.489 e. The molecule has 5 aliphatic rings. The molecule has 9 rings (SSSR count). The van der Waals surface area contributed by atoms with Crippen molar-refractivity contribution in [2.24, 2.45) is 0 Å². The quantitative estimate of drug-likeness (QED) is 0.299. The standard InChI is InChI=1S/C32H30ClF2N7O2S/c33-25-23(17-3-1-4-21-22(17)18(10-36)29(37)45-21)26(35)27-24-28(25)43-13-20-19-6-5-16(38-19)12-42(20)30(24)40-31(39-27)44-14-32-7-2-8-41(32)11-15(34)9-32/h1,3-4,15-16,19-20,38H,2,5-9,11-14,37H2/t15-,16-,19+,20-,32+/m1/s1/i13D2. The molecule has 13 heteroatoms. The topological polar surface area (TPSA) is 113 Å². The molecule has 4 saturated heterocycles. The first-order valence-electron chi connectivity index (χ1n) is 16.3. The van der Waals surface area contributed by atoms with Gasteiger partial charge in [0.05, 0.1) is 30.3 Å². The molecule has 7 heterocycles. The molecule has 232 valence electrons. The number of nitrogen functional groups attached to an aromatic ring is 1. The molecule has 0 amide bonds. The molecule has 0 unspecified atom stereocenters. The molecule has 0 radical (unpaired) electrons. The zero-order valence-corrected chi connectivity index (χ0v) is 25.6. The van der Waals surface area contributed by atoms with Gasteiger partial charge in [0, 0.05) is 47.2 Å². The molecular formula is C32H30ClF2N7O2S. The number of halogens is 3. The van der Waals surface area contributed by atoms with Crippen molar-refractivity contribution in [1.29, 1.82) is 5.26 Å². The lowest BCUT2D eigenvalue weighted by atomic mass is 9.95. The maximum atomic E-state index is 17.2. The van der Waals surface area contributed by atoms with E-state index in [1.165, 1.54) is 11.3 Å². The second-order valence-corrected chi connectivity index (χ2v) is 14.2. The number of nitrogens with one attached hydrogen (secondary N) is 1. The highest BCUT2D eigenvalue weighted by Gasteiger charge is 2.50. The lowest BCUT2D eigenvalue weighted by Gasteiger charge is -2.40. The number of benzene rings is 2. The monoisotopic (exact) mass is 651 g/mol. The van der Waals surface area contributed by atoms with Crippen molar-refractivity contribution in [3.8, 4) is 29.0 Å². The van der Waals surface area contributed by atoms with Crippen LogP contribution in [0.25, 0.3) is 32.1 Å². The van der Waals surface area contributed by atoms with Gasteiger partial charge in [-0.25, -0.2) is 8.78 Å². The fourth-order valence-corrected chi connectivity index (χ4v) is 9.53. The number of hydrogen-bond acceptors (Lipinski definition) is 10. The predicted molar refractivity (Wildman–Crippen MR) is 170 cm³/mol. The third-order valence-electron chi connectivity index (χ3n) is 10.3. The van der Waals surface area contributed by atoms with Crippen LogP contribution in [0.2, 0.25) is 5.02 Å². The molecule has 4 fully saturated rings. The van der Waals surface area contributed by atoms with Crippen molar-refractivity contribution < 1.29 is 21.0 Å². The van der Waals surface area contributed by atoms with Crippen LogP contribution in [0.5, 0.6) is 11.8 Å². The third-order valence-corrected chi connectivity index (χ3v) is 11.6. The summed E-state index contributed by atoms with van der Waals surface area (Å²) in [5.74, 6) is -0.580. The van der Waals surface area contributed by atoms with Crippen LogP contribution in [0.15, 0.2) is 18.2 Å². The van der Waals surface area contributed by atoms with Gasteiger partial charge >= 0.3 is 6.01 Å². The van der Waals surface area contributed by atoms with E-state index in [0.717, 1.165) is 32.2 Å². The van der Waals surface area contributed by atoms with E-state index in [9.17, 15) is 12.4 Å². The number of rotatable bonds is 4. The molecule has 45 heavy (non-hydrogen) atoms. The fourth-order valence-electron chi connectivity index (χ4n) is 8.27. The minimum absolute atomic E-state index is 0.0785. The molecule has 9 nitrogen and oxygen atoms in total. The molecule has 0 spiro atoms. The molecule has 0 aliphatic carbocycles. The maximum Gasteiger partial charge on any atom is 0.319 e. The van der Waals surface area contributed by atoms with Gasteiger partial charge in [-0.05, 0) is 43.9 Å². The minimum atomic E-state index is -2.26. The Morgan fingerprint density at radius 3 is 3.07 bits per heavy atom. The van der Waals surface area contributed by atoms with Crippen molar-refractivity contribution in [1.82, 2.24) is 20.2 Å². The van der Waals surface area contributed by atoms with Gasteiger partial charge in [-0.3, -0.25) is 4.90 Å². The molecular weight excluding hydrogens is 620 g/mol. The first kappa shape index (κ1) is 25.7. The van der Waals surface area contributed by atoms with Gasteiger partial charge in [0.2, 0.25) is 0 Å². The van der Waals surface area contributed by atoms with Crippen LogP contribution in [-0.4, -0.2) is 77.5 Å².